The van der Waals surface area contributed by atoms with E-state index in [4.69, 9.17) is 23.8 Å². The number of anilines is 2. The van der Waals surface area contributed by atoms with Crippen LogP contribution in [0.1, 0.15) is 24.8 Å². The Hall–Kier alpha value is -3.01. The lowest BCUT2D eigenvalue weighted by Crippen LogP contribution is -2.56. The summed E-state index contributed by atoms with van der Waals surface area (Å²) >= 11 is 11.2. The molecule has 2 aromatic rings. The Morgan fingerprint density at radius 3 is 2.50 bits per heavy atom. The summed E-state index contributed by atoms with van der Waals surface area (Å²) in [7, 11) is 0. The molecule has 1 unspecified atom stereocenters. The first kappa shape index (κ1) is 22.2. The van der Waals surface area contributed by atoms with E-state index in [0.29, 0.717) is 22.0 Å². The summed E-state index contributed by atoms with van der Waals surface area (Å²) in [4.78, 5) is 27.8. The standard InChI is InChI=1S/C22H21ClN4O4S/c23-15-5-7-16(8-6-15)26-21(29)17(20(28)24-22(26)32)12-14-4-9-18(19(13-14)27(30)31)25-10-2-1-3-11-25/h4-9,12-13,20,28H,1-3,10-11H2,(H,24,32). The zero-order chi connectivity index (χ0) is 22.8. The molecule has 0 bridgehead atoms. The number of hydrogen-bond acceptors (Lipinski definition) is 6. The van der Waals surface area contributed by atoms with Crippen LogP contribution in [-0.2, 0) is 4.79 Å². The van der Waals surface area contributed by atoms with Crippen LogP contribution < -0.4 is 15.1 Å². The van der Waals surface area contributed by atoms with E-state index < -0.39 is 17.1 Å². The molecule has 2 fully saturated rings. The monoisotopic (exact) mass is 472 g/mol. The molecule has 8 nitrogen and oxygen atoms in total. The third-order valence-corrected chi connectivity index (χ3v) is 6.06. The average molecular weight is 473 g/mol. The molecule has 166 valence electrons. The molecule has 2 aromatic carbocycles. The zero-order valence-electron chi connectivity index (χ0n) is 17.0. The number of halogens is 1. The Bertz CT molecular complexity index is 1100. The van der Waals surface area contributed by atoms with Crippen LogP contribution in [0.5, 0.6) is 0 Å². The van der Waals surface area contributed by atoms with E-state index in [0.717, 1.165) is 32.4 Å². The number of carbonyl (C=O) groups excluding carboxylic acids is 1. The van der Waals surface area contributed by atoms with Crippen LogP contribution in [0.15, 0.2) is 48.0 Å². The van der Waals surface area contributed by atoms with E-state index in [1.54, 1.807) is 36.4 Å². The van der Waals surface area contributed by atoms with Crippen LogP contribution in [0.25, 0.3) is 6.08 Å². The quantitative estimate of drug-likeness (QED) is 0.301. The number of nitrogens with zero attached hydrogens (tertiary/aromatic N) is 3. The van der Waals surface area contributed by atoms with Gasteiger partial charge in [-0.3, -0.25) is 19.8 Å². The van der Waals surface area contributed by atoms with Gasteiger partial charge in [-0.25, -0.2) is 0 Å². The molecule has 0 aliphatic carbocycles. The second-order valence-electron chi connectivity index (χ2n) is 7.62. The molecule has 1 atom stereocenters. The van der Waals surface area contributed by atoms with Crippen molar-refractivity contribution in [2.45, 2.75) is 25.5 Å². The smallest absolute Gasteiger partial charge is 0.293 e. The molecule has 0 saturated carbocycles. The fraction of sp³-hybridized carbons (Fsp3) is 0.273. The number of aliphatic hydroxyl groups is 1. The minimum atomic E-state index is -1.33. The number of hydrogen-bond donors (Lipinski definition) is 2. The SMILES string of the molecule is O=C1C(=Cc2ccc(N3CCCCC3)c([N+](=O)[O-])c2)C(O)NC(=S)N1c1ccc(Cl)cc1. The minimum Gasteiger partial charge on any atom is -0.369 e. The molecule has 10 heteroatoms. The molecular weight excluding hydrogens is 452 g/mol. The molecule has 2 N–H and O–H groups in total. The fourth-order valence-electron chi connectivity index (χ4n) is 3.92. The highest BCUT2D eigenvalue weighted by atomic mass is 35.5. The van der Waals surface area contributed by atoms with E-state index in [2.05, 4.69) is 5.32 Å². The first-order chi connectivity index (χ1) is 15.3. The number of benzene rings is 2. The summed E-state index contributed by atoms with van der Waals surface area (Å²) in [6, 6.07) is 11.4. The zero-order valence-corrected chi connectivity index (χ0v) is 18.6. The van der Waals surface area contributed by atoms with Crippen LogP contribution in [0, 0.1) is 10.1 Å². The summed E-state index contributed by atoms with van der Waals surface area (Å²) in [6.45, 7) is 1.55. The number of nitro groups is 1. The number of rotatable bonds is 4. The van der Waals surface area contributed by atoms with E-state index in [1.807, 2.05) is 4.90 Å². The Balaban J connectivity index is 1.69. The predicted molar refractivity (Wildman–Crippen MR) is 128 cm³/mol. The maximum Gasteiger partial charge on any atom is 0.293 e. The van der Waals surface area contributed by atoms with Gasteiger partial charge in [0.15, 0.2) is 11.3 Å². The van der Waals surface area contributed by atoms with Crippen LogP contribution in [-0.4, -0.2) is 40.4 Å². The van der Waals surface area contributed by atoms with Crippen molar-refractivity contribution in [2.24, 2.45) is 0 Å². The highest BCUT2D eigenvalue weighted by molar-refractivity contribution is 7.80. The van der Waals surface area contributed by atoms with Crippen molar-refractivity contribution in [3.8, 4) is 0 Å². The van der Waals surface area contributed by atoms with Crippen molar-refractivity contribution in [1.82, 2.24) is 5.32 Å². The lowest BCUT2D eigenvalue weighted by molar-refractivity contribution is -0.384. The van der Waals surface area contributed by atoms with Gasteiger partial charge in [0, 0.05) is 24.2 Å². The van der Waals surface area contributed by atoms with Crippen molar-refractivity contribution in [3.05, 3.63) is 68.7 Å². The lowest BCUT2D eigenvalue weighted by atomic mass is 10.0. The van der Waals surface area contributed by atoms with Gasteiger partial charge < -0.3 is 15.3 Å². The lowest BCUT2D eigenvalue weighted by Gasteiger charge is -2.33. The molecule has 2 aliphatic heterocycles. The summed E-state index contributed by atoms with van der Waals surface area (Å²) in [5.41, 5.74) is 1.48. The first-order valence-corrected chi connectivity index (χ1v) is 11.0. The third-order valence-electron chi connectivity index (χ3n) is 5.51. The van der Waals surface area contributed by atoms with Gasteiger partial charge in [0.05, 0.1) is 16.2 Å². The van der Waals surface area contributed by atoms with Gasteiger partial charge in [-0.2, -0.15) is 0 Å². The van der Waals surface area contributed by atoms with Gasteiger partial charge in [0.1, 0.15) is 5.69 Å². The van der Waals surface area contributed by atoms with Crippen LogP contribution in [0.3, 0.4) is 0 Å². The van der Waals surface area contributed by atoms with Gasteiger partial charge >= 0.3 is 0 Å². The topological polar surface area (TPSA) is 99.0 Å². The fourth-order valence-corrected chi connectivity index (χ4v) is 4.35. The van der Waals surface area contributed by atoms with E-state index >= 15 is 0 Å². The number of nitro benzene ring substituents is 1. The number of piperidine rings is 1. The predicted octanol–water partition coefficient (Wildman–Crippen LogP) is 3.86. The Morgan fingerprint density at radius 2 is 1.84 bits per heavy atom. The normalized spacial score (nSPS) is 20.4. The largest absolute Gasteiger partial charge is 0.369 e. The number of thiocarbonyl (C=S) groups is 1. The average Bonchev–Trinajstić information content (AvgIpc) is 2.78. The van der Waals surface area contributed by atoms with E-state index in [1.165, 1.54) is 17.0 Å². The van der Waals surface area contributed by atoms with Crippen LogP contribution in [0.4, 0.5) is 17.1 Å². The molecule has 0 aromatic heterocycles. The van der Waals surface area contributed by atoms with Gasteiger partial charge in [-0.15, -0.1) is 0 Å². The highest BCUT2D eigenvalue weighted by Gasteiger charge is 2.34. The number of aliphatic hydroxyl groups excluding tert-OH is 1. The van der Waals surface area contributed by atoms with Crippen molar-refractivity contribution >= 4 is 58.0 Å². The second kappa shape index (κ2) is 9.23. The summed E-state index contributed by atoms with van der Waals surface area (Å²) in [5, 5.41) is 25.4. The molecule has 32 heavy (non-hydrogen) atoms. The number of carbonyl (C=O) groups is 1. The number of amides is 1. The first-order valence-electron chi connectivity index (χ1n) is 10.2. The Morgan fingerprint density at radius 1 is 1.16 bits per heavy atom. The molecule has 0 radical (unpaired) electrons. The third kappa shape index (κ3) is 4.45. The van der Waals surface area contributed by atoms with Gasteiger partial charge in [0.2, 0.25) is 0 Å². The summed E-state index contributed by atoms with van der Waals surface area (Å²) in [5.74, 6) is -0.522. The maximum atomic E-state index is 13.2. The van der Waals surface area contributed by atoms with Crippen LogP contribution >= 0.6 is 23.8 Å². The minimum absolute atomic E-state index is 0.0218. The van der Waals surface area contributed by atoms with E-state index in [9.17, 15) is 20.0 Å². The van der Waals surface area contributed by atoms with Gasteiger partial charge in [-0.1, -0.05) is 17.7 Å². The van der Waals surface area contributed by atoms with Crippen LogP contribution in [0.2, 0.25) is 5.02 Å². The molecule has 4 rings (SSSR count). The number of nitrogens with one attached hydrogen (secondary N) is 1. The Kier molecular flexibility index (Phi) is 6.40. The van der Waals surface area contributed by atoms with Gasteiger partial charge in [-0.05, 0) is 73.5 Å². The molecule has 2 heterocycles. The summed E-state index contributed by atoms with van der Waals surface area (Å²) < 4.78 is 0. The van der Waals surface area contributed by atoms with Crippen molar-refractivity contribution in [2.75, 3.05) is 22.9 Å². The maximum absolute atomic E-state index is 13.2. The van der Waals surface area contributed by atoms with Gasteiger partial charge in [0.25, 0.3) is 11.6 Å². The molecular formula is C22H21ClN4O4S. The van der Waals surface area contributed by atoms with Crippen molar-refractivity contribution in [1.29, 1.82) is 0 Å². The van der Waals surface area contributed by atoms with E-state index in [-0.39, 0.29) is 16.4 Å². The molecule has 2 aliphatic rings. The summed E-state index contributed by atoms with van der Waals surface area (Å²) in [6.07, 6.45) is 3.22. The second-order valence-corrected chi connectivity index (χ2v) is 8.44. The highest BCUT2D eigenvalue weighted by Crippen LogP contribution is 2.33. The molecule has 0 spiro atoms. The Labute approximate surface area is 195 Å². The molecule has 1 amide bonds. The van der Waals surface area contributed by atoms with Crippen molar-refractivity contribution in [3.63, 3.8) is 0 Å². The van der Waals surface area contributed by atoms with Crippen molar-refractivity contribution < 1.29 is 14.8 Å². The molecule has 2 saturated heterocycles.